The number of hydrogen-bond acceptors (Lipinski definition) is 1. The molecule has 2 heteroatoms. The van der Waals surface area contributed by atoms with Crippen LogP contribution in [0.2, 0.25) is 0 Å². The molecule has 0 amide bonds. The van der Waals surface area contributed by atoms with E-state index in [4.69, 9.17) is 0 Å². The molecular formula is C14H20FN. The van der Waals surface area contributed by atoms with Crippen LogP contribution >= 0.6 is 0 Å². The minimum Gasteiger partial charge on any atom is -0.317 e. The van der Waals surface area contributed by atoms with Gasteiger partial charge in [-0.15, -0.1) is 0 Å². The Morgan fingerprint density at radius 3 is 2.81 bits per heavy atom. The van der Waals surface area contributed by atoms with Crippen molar-refractivity contribution in [2.24, 2.45) is 5.92 Å². The van der Waals surface area contributed by atoms with Gasteiger partial charge < -0.3 is 5.32 Å². The lowest BCUT2D eigenvalue weighted by Gasteiger charge is -2.25. The van der Waals surface area contributed by atoms with Crippen molar-refractivity contribution in [2.45, 2.75) is 32.4 Å². The Hall–Kier alpha value is -0.890. The van der Waals surface area contributed by atoms with Crippen LogP contribution in [0.4, 0.5) is 4.39 Å². The Balaban J connectivity index is 1.93. The molecule has 1 aromatic carbocycles. The molecule has 1 fully saturated rings. The maximum Gasteiger partial charge on any atom is 0.107 e. The molecule has 16 heavy (non-hydrogen) atoms. The van der Waals surface area contributed by atoms with Gasteiger partial charge in [0.15, 0.2) is 0 Å². The second-order valence-corrected chi connectivity index (χ2v) is 4.80. The lowest BCUT2D eigenvalue weighted by Crippen LogP contribution is -2.33. The van der Waals surface area contributed by atoms with Gasteiger partial charge in [-0.05, 0) is 44.3 Å². The van der Waals surface area contributed by atoms with Crippen molar-refractivity contribution in [3.8, 4) is 0 Å². The molecule has 0 spiro atoms. The maximum absolute atomic E-state index is 14.1. The van der Waals surface area contributed by atoms with E-state index in [-0.39, 0.29) is 5.92 Å². The molecule has 1 aliphatic heterocycles. The van der Waals surface area contributed by atoms with E-state index in [2.05, 4.69) is 24.4 Å². The molecule has 1 aliphatic rings. The summed E-state index contributed by atoms with van der Waals surface area (Å²) in [7, 11) is 0. The van der Waals surface area contributed by atoms with Crippen LogP contribution in [0.1, 0.15) is 24.0 Å². The number of alkyl halides is 1. The van der Waals surface area contributed by atoms with Crippen LogP contribution in [0.3, 0.4) is 0 Å². The molecule has 0 saturated carbocycles. The molecule has 1 aromatic rings. The first kappa shape index (κ1) is 11.6. The number of benzene rings is 1. The second kappa shape index (κ2) is 5.44. The molecule has 0 bridgehead atoms. The molecular weight excluding hydrogens is 201 g/mol. The van der Waals surface area contributed by atoms with E-state index < -0.39 is 6.17 Å². The molecule has 0 radical (unpaired) electrons. The summed E-state index contributed by atoms with van der Waals surface area (Å²) in [6, 6.07) is 8.19. The Morgan fingerprint density at radius 2 is 2.12 bits per heavy atom. The SMILES string of the molecule is Cc1cccc(CC(F)C2CCNCC2)c1. The Kier molecular flexibility index (Phi) is 3.94. The number of aryl methyl sites for hydroxylation is 1. The monoisotopic (exact) mass is 221 g/mol. The first-order valence-corrected chi connectivity index (χ1v) is 6.16. The normalized spacial score (nSPS) is 19.6. The lowest BCUT2D eigenvalue weighted by atomic mass is 9.89. The highest BCUT2D eigenvalue weighted by molar-refractivity contribution is 5.22. The van der Waals surface area contributed by atoms with E-state index in [9.17, 15) is 4.39 Å². The highest BCUT2D eigenvalue weighted by Crippen LogP contribution is 2.22. The molecule has 1 N–H and O–H groups in total. The predicted octanol–water partition coefficient (Wildman–Crippen LogP) is 2.88. The van der Waals surface area contributed by atoms with E-state index in [0.717, 1.165) is 31.5 Å². The van der Waals surface area contributed by atoms with Gasteiger partial charge >= 0.3 is 0 Å². The fraction of sp³-hybridized carbons (Fsp3) is 0.571. The predicted molar refractivity (Wildman–Crippen MR) is 65.4 cm³/mol. The summed E-state index contributed by atoms with van der Waals surface area (Å²) in [5.41, 5.74) is 2.35. The third kappa shape index (κ3) is 3.05. The smallest absolute Gasteiger partial charge is 0.107 e. The zero-order chi connectivity index (χ0) is 11.4. The summed E-state index contributed by atoms with van der Waals surface area (Å²) in [5.74, 6) is 0.252. The largest absolute Gasteiger partial charge is 0.317 e. The summed E-state index contributed by atoms with van der Waals surface area (Å²) in [5, 5.41) is 3.28. The van der Waals surface area contributed by atoms with Gasteiger partial charge in [0, 0.05) is 6.42 Å². The number of hydrogen-bond donors (Lipinski definition) is 1. The molecule has 0 aromatic heterocycles. The van der Waals surface area contributed by atoms with Crippen LogP contribution in [0.15, 0.2) is 24.3 Å². The van der Waals surface area contributed by atoms with Crippen LogP contribution in [0.5, 0.6) is 0 Å². The van der Waals surface area contributed by atoms with Gasteiger partial charge in [-0.3, -0.25) is 0 Å². The third-order valence-corrected chi connectivity index (χ3v) is 3.41. The van der Waals surface area contributed by atoms with Crippen molar-refractivity contribution in [3.63, 3.8) is 0 Å². The quantitative estimate of drug-likeness (QED) is 0.827. The highest BCUT2D eigenvalue weighted by atomic mass is 19.1. The van der Waals surface area contributed by atoms with Crippen molar-refractivity contribution >= 4 is 0 Å². The standard InChI is InChI=1S/C14H20FN/c1-11-3-2-4-12(9-11)10-14(15)13-5-7-16-8-6-13/h2-4,9,13-14,16H,5-8,10H2,1H3. The van der Waals surface area contributed by atoms with E-state index in [1.807, 2.05) is 12.1 Å². The van der Waals surface area contributed by atoms with Gasteiger partial charge in [0.1, 0.15) is 6.17 Å². The molecule has 1 heterocycles. The van der Waals surface area contributed by atoms with Gasteiger partial charge in [-0.2, -0.15) is 0 Å². The molecule has 1 unspecified atom stereocenters. The molecule has 0 aliphatic carbocycles. The summed E-state index contributed by atoms with van der Waals surface area (Å²) >= 11 is 0. The molecule has 88 valence electrons. The topological polar surface area (TPSA) is 12.0 Å². The lowest BCUT2D eigenvalue weighted by molar-refractivity contribution is 0.187. The number of rotatable bonds is 3. The van der Waals surface area contributed by atoms with Gasteiger partial charge in [0.05, 0.1) is 0 Å². The summed E-state index contributed by atoms with van der Waals surface area (Å²) in [4.78, 5) is 0. The number of halogens is 1. The minimum absolute atomic E-state index is 0.252. The van der Waals surface area contributed by atoms with Crippen molar-refractivity contribution in [1.29, 1.82) is 0 Å². The van der Waals surface area contributed by atoms with Gasteiger partial charge in [0.25, 0.3) is 0 Å². The van der Waals surface area contributed by atoms with Gasteiger partial charge in [-0.1, -0.05) is 29.8 Å². The van der Waals surface area contributed by atoms with E-state index in [1.54, 1.807) is 0 Å². The third-order valence-electron chi connectivity index (χ3n) is 3.41. The number of nitrogens with one attached hydrogen (secondary N) is 1. The van der Waals surface area contributed by atoms with Crippen LogP contribution in [0.25, 0.3) is 0 Å². The number of piperidine rings is 1. The fourth-order valence-electron chi connectivity index (χ4n) is 2.44. The van der Waals surface area contributed by atoms with E-state index in [1.165, 1.54) is 5.56 Å². The van der Waals surface area contributed by atoms with Crippen LogP contribution in [-0.4, -0.2) is 19.3 Å². The van der Waals surface area contributed by atoms with Crippen molar-refractivity contribution in [3.05, 3.63) is 35.4 Å². The summed E-state index contributed by atoms with van der Waals surface area (Å²) in [6.45, 7) is 4.00. The van der Waals surface area contributed by atoms with Crippen molar-refractivity contribution in [1.82, 2.24) is 5.32 Å². The zero-order valence-electron chi connectivity index (χ0n) is 9.88. The zero-order valence-corrected chi connectivity index (χ0v) is 9.88. The average Bonchev–Trinajstić information content (AvgIpc) is 2.30. The molecule has 1 nitrogen and oxygen atoms in total. The van der Waals surface area contributed by atoms with E-state index >= 15 is 0 Å². The van der Waals surface area contributed by atoms with E-state index in [0.29, 0.717) is 6.42 Å². The Labute approximate surface area is 97.1 Å². The van der Waals surface area contributed by atoms with Crippen LogP contribution in [-0.2, 0) is 6.42 Å². The first-order valence-electron chi connectivity index (χ1n) is 6.16. The summed E-state index contributed by atoms with van der Waals surface area (Å²) in [6.07, 6.45) is 1.86. The van der Waals surface area contributed by atoms with Gasteiger partial charge in [0.2, 0.25) is 0 Å². The minimum atomic E-state index is -0.677. The Bertz CT molecular complexity index is 331. The first-order chi connectivity index (χ1) is 7.75. The average molecular weight is 221 g/mol. The molecule has 1 atom stereocenters. The summed E-state index contributed by atoms with van der Waals surface area (Å²) < 4.78 is 14.1. The fourth-order valence-corrected chi connectivity index (χ4v) is 2.44. The molecule has 1 saturated heterocycles. The van der Waals surface area contributed by atoms with Crippen LogP contribution in [0, 0.1) is 12.8 Å². The van der Waals surface area contributed by atoms with Crippen LogP contribution < -0.4 is 5.32 Å². The van der Waals surface area contributed by atoms with Crippen molar-refractivity contribution in [2.75, 3.05) is 13.1 Å². The Morgan fingerprint density at radius 1 is 1.38 bits per heavy atom. The van der Waals surface area contributed by atoms with Crippen molar-refractivity contribution < 1.29 is 4.39 Å². The second-order valence-electron chi connectivity index (χ2n) is 4.80. The molecule has 2 rings (SSSR count). The van der Waals surface area contributed by atoms with Gasteiger partial charge in [-0.25, -0.2) is 4.39 Å². The highest BCUT2D eigenvalue weighted by Gasteiger charge is 2.23. The maximum atomic E-state index is 14.1.